The number of aryl methyl sites for hydroxylation is 1. The number of amides is 1. The van der Waals surface area contributed by atoms with E-state index in [0.717, 1.165) is 42.5 Å². The van der Waals surface area contributed by atoms with Crippen LogP contribution in [0.5, 0.6) is 5.88 Å². The van der Waals surface area contributed by atoms with Crippen molar-refractivity contribution in [1.82, 2.24) is 9.88 Å². The fourth-order valence-electron chi connectivity index (χ4n) is 3.25. The highest BCUT2D eigenvalue weighted by Crippen LogP contribution is 2.33. The summed E-state index contributed by atoms with van der Waals surface area (Å²) in [5.74, 6) is 0.745. The highest BCUT2D eigenvalue weighted by atomic mass is 16.5. The van der Waals surface area contributed by atoms with Crippen LogP contribution in [0.2, 0.25) is 0 Å². The fourth-order valence-corrected chi connectivity index (χ4v) is 3.25. The highest BCUT2D eigenvalue weighted by Gasteiger charge is 2.29. The summed E-state index contributed by atoms with van der Waals surface area (Å²) in [6, 6.07) is 11.7. The Morgan fingerprint density at radius 3 is 2.74 bits per heavy atom. The third-order valence-corrected chi connectivity index (χ3v) is 4.41. The molecular formula is C19H22N2O2. The Kier molecular flexibility index (Phi) is 4.60. The third-order valence-electron chi connectivity index (χ3n) is 4.41. The van der Waals surface area contributed by atoms with E-state index >= 15 is 0 Å². The van der Waals surface area contributed by atoms with Crippen molar-refractivity contribution in [3.63, 3.8) is 0 Å². The number of methoxy groups -OCH3 is 1. The van der Waals surface area contributed by atoms with E-state index in [1.807, 2.05) is 48.4 Å². The van der Waals surface area contributed by atoms with E-state index in [2.05, 4.69) is 11.1 Å². The van der Waals surface area contributed by atoms with E-state index in [-0.39, 0.29) is 11.9 Å². The lowest BCUT2D eigenvalue weighted by Gasteiger charge is -2.36. The van der Waals surface area contributed by atoms with Crippen molar-refractivity contribution in [2.24, 2.45) is 0 Å². The molecule has 1 aliphatic heterocycles. The van der Waals surface area contributed by atoms with Crippen molar-refractivity contribution in [3.05, 3.63) is 59.3 Å². The maximum atomic E-state index is 12.9. The minimum Gasteiger partial charge on any atom is -0.481 e. The Labute approximate surface area is 137 Å². The molecule has 2 heterocycles. The first-order valence-electron chi connectivity index (χ1n) is 8.07. The topological polar surface area (TPSA) is 42.4 Å². The van der Waals surface area contributed by atoms with Crippen LogP contribution in [0.4, 0.5) is 0 Å². The van der Waals surface area contributed by atoms with Crippen LogP contribution in [0.1, 0.15) is 46.8 Å². The normalized spacial score (nSPS) is 17.8. The standard InChI is InChI=1S/C19H22N2O2/c1-14-12-16(13-20-18(14)23-2)17-10-6-7-11-21(17)19(22)15-8-4-3-5-9-15/h3-5,8-9,12-13,17H,6-7,10-11H2,1-2H3/t17-/m1/s1. The predicted molar refractivity (Wildman–Crippen MR) is 89.6 cm³/mol. The SMILES string of the molecule is COc1ncc([C@H]2CCCCN2C(=O)c2ccccc2)cc1C. The lowest BCUT2D eigenvalue weighted by Crippen LogP contribution is -2.38. The summed E-state index contributed by atoms with van der Waals surface area (Å²) in [7, 11) is 1.63. The molecule has 4 heteroatoms. The van der Waals surface area contributed by atoms with E-state index in [9.17, 15) is 4.79 Å². The molecule has 0 N–H and O–H groups in total. The summed E-state index contributed by atoms with van der Waals surface area (Å²) in [5, 5.41) is 0. The average molecular weight is 310 g/mol. The van der Waals surface area contributed by atoms with Gasteiger partial charge in [0.1, 0.15) is 0 Å². The van der Waals surface area contributed by atoms with Gasteiger partial charge in [-0.2, -0.15) is 0 Å². The number of aromatic nitrogens is 1. The number of ether oxygens (including phenoxy) is 1. The van der Waals surface area contributed by atoms with Crippen molar-refractivity contribution >= 4 is 5.91 Å². The zero-order chi connectivity index (χ0) is 16.2. The maximum absolute atomic E-state index is 12.9. The van der Waals surface area contributed by atoms with Gasteiger partial charge in [-0.3, -0.25) is 4.79 Å². The monoisotopic (exact) mass is 310 g/mol. The molecule has 1 aromatic heterocycles. The molecule has 2 aromatic rings. The second kappa shape index (κ2) is 6.82. The van der Waals surface area contributed by atoms with Crippen LogP contribution >= 0.6 is 0 Å². The number of piperidine rings is 1. The summed E-state index contributed by atoms with van der Waals surface area (Å²) in [5.41, 5.74) is 2.84. The van der Waals surface area contributed by atoms with Gasteiger partial charge in [-0.1, -0.05) is 18.2 Å². The fraction of sp³-hybridized carbons (Fsp3) is 0.368. The van der Waals surface area contributed by atoms with Gasteiger partial charge in [0.2, 0.25) is 5.88 Å². The molecule has 0 spiro atoms. The molecule has 1 saturated heterocycles. The summed E-state index contributed by atoms with van der Waals surface area (Å²) < 4.78 is 5.24. The van der Waals surface area contributed by atoms with Crippen LogP contribution in [0, 0.1) is 6.92 Å². The van der Waals surface area contributed by atoms with Crippen LogP contribution in [0.15, 0.2) is 42.6 Å². The van der Waals surface area contributed by atoms with Gasteiger partial charge >= 0.3 is 0 Å². The zero-order valence-electron chi connectivity index (χ0n) is 13.7. The predicted octanol–water partition coefficient (Wildman–Crippen LogP) is 3.77. The van der Waals surface area contributed by atoms with Crippen LogP contribution < -0.4 is 4.74 Å². The minimum atomic E-state index is 0.0913. The molecule has 120 valence electrons. The number of likely N-dealkylation sites (tertiary alicyclic amines) is 1. The zero-order valence-corrected chi connectivity index (χ0v) is 13.7. The summed E-state index contributed by atoms with van der Waals surface area (Å²) in [4.78, 5) is 19.2. The van der Waals surface area contributed by atoms with Gasteiger partial charge in [0.15, 0.2) is 0 Å². The van der Waals surface area contributed by atoms with Crippen molar-refractivity contribution in [2.45, 2.75) is 32.2 Å². The quantitative estimate of drug-likeness (QED) is 0.866. The number of hydrogen-bond acceptors (Lipinski definition) is 3. The number of carbonyl (C=O) groups is 1. The van der Waals surface area contributed by atoms with Crippen molar-refractivity contribution < 1.29 is 9.53 Å². The Balaban J connectivity index is 1.90. The number of pyridine rings is 1. The Hall–Kier alpha value is -2.36. The maximum Gasteiger partial charge on any atom is 0.254 e. The minimum absolute atomic E-state index is 0.0913. The van der Waals surface area contributed by atoms with E-state index < -0.39 is 0 Å². The van der Waals surface area contributed by atoms with Gasteiger partial charge in [-0.25, -0.2) is 4.98 Å². The summed E-state index contributed by atoms with van der Waals surface area (Å²) in [6.45, 7) is 2.78. The molecule has 1 atom stereocenters. The molecule has 0 radical (unpaired) electrons. The number of carbonyl (C=O) groups excluding carboxylic acids is 1. The Morgan fingerprint density at radius 1 is 1.26 bits per heavy atom. The first-order valence-corrected chi connectivity index (χ1v) is 8.07. The molecule has 1 amide bonds. The molecule has 0 bridgehead atoms. The van der Waals surface area contributed by atoms with Gasteiger partial charge in [0, 0.05) is 23.9 Å². The van der Waals surface area contributed by atoms with Gasteiger partial charge in [0.25, 0.3) is 5.91 Å². The molecule has 0 unspecified atom stereocenters. The summed E-state index contributed by atoms with van der Waals surface area (Å²) >= 11 is 0. The molecule has 1 aromatic carbocycles. The number of benzene rings is 1. The van der Waals surface area contributed by atoms with Crippen molar-refractivity contribution in [2.75, 3.05) is 13.7 Å². The van der Waals surface area contributed by atoms with Crippen LogP contribution in [0.25, 0.3) is 0 Å². The van der Waals surface area contributed by atoms with E-state index in [4.69, 9.17) is 4.74 Å². The molecule has 4 nitrogen and oxygen atoms in total. The second-order valence-electron chi connectivity index (χ2n) is 5.97. The number of rotatable bonds is 3. The molecular weight excluding hydrogens is 288 g/mol. The van der Waals surface area contributed by atoms with Gasteiger partial charge in [-0.05, 0) is 49.9 Å². The van der Waals surface area contributed by atoms with E-state index in [0.29, 0.717) is 5.88 Å². The molecule has 1 fully saturated rings. The van der Waals surface area contributed by atoms with Crippen LogP contribution in [0.3, 0.4) is 0 Å². The van der Waals surface area contributed by atoms with Gasteiger partial charge in [-0.15, -0.1) is 0 Å². The van der Waals surface area contributed by atoms with Crippen molar-refractivity contribution in [1.29, 1.82) is 0 Å². The Morgan fingerprint density at radius 2 is 2.04 bits per heavy atom. The Bertz CT molecular complexity index is 685. The average Bonchev–Trinajstić information content (AvgIpc) is 2.62. The summed E-state index contributed by atoms with van der Waals surface area (Å²) in [6.07, 6.45) is 5.01. The first kappa shape index (κ1) is 15.5. The van der Waals surface area contributed by atoms with Crippen LogP contribution in [-0.2, 0) is 0 Å². The smallest absolute Gasteiger partial charge is 0.254 e. The molecule has 0 saturated carbocycles. The molecule has 3 rings (SSSR count). The lowest BCUT2D eigenvalue weighted by molar-refractivity contribution is 0.0611. The molecule has 1 aliphatic rings. The lowest BCUT2D eigenvalue weighted by atomic mass is 9.94. The second-order valence-corrected chi connectivity index (χ2v) is 5.97. The number of nitrogens with zero attached hydrogens (tertiary/aromatic N) is 2. The van der Waals surface area contributed by atoms with Gasteiger partial charge < -0.3 is 9.64 Å². The third kappa shape index (κ3) is 3.21. The van der Waals surface area contributed by atoms with Gasteiger partial charge in [0.05, 0.1) is 13.2 Å². The van der Waals surface area contributed by atoms with Crippen LogP contribution in [-0.4, -0.2) is 29.4 Å². The molecule has 0 aliphatic carbocycles. The van der Waals surface area contributed by atoms with E-state index in [1.54, 1.807) is 7.11 Å². The van der Waals surface area contributed by atoms with E-state index in [1.165, 1.54) is 0 Å². The van der Waals surface area contributed by atoms with Crippen molar-refractivity contribution in [3.8, 4) is 5.88 Å². The largest absolute Gasteiger partial charge is 0.481 e. The first-order chi connectivity index (χ1) is 11.2. The molecule has 23 heavy (non-hydrogen) atoms. The number of hydrogen-bond donors (Lipinski definition) is 0. The highest BCUT2D eigenvalue weighted by molar-refractivity contribution is 5.94.